The molecule has 1 fully saturated rings. The number of aliphatic hydroxyl groups is 3. The lowest BCUT2D eigenvalue weighted by Gasteiger charge is -2.17. The highest BCUT2D eigenvalue weighted by Crippen LogP contribution is 2.28. The summed E-state index contributed by atoms with van der Waals surface area (Å²) < 4.78 is 6.34. The topological polar surface area (TPSA) is 138 Å². The van der Waals surface area contributed by atoms with Gasteiger partial charge in [-0.05, 0) is 13.0 Å². The summed E-state index contributed by atoms with van der Waals surface area (Å²) in [5.41, 5.74) is -0.517. The van der Waals surface area contributed by atoms with Gasteiger partial charge in [0.2, 0.25) is 0 Å². The molecule has 22 heavy (non-hydrogen) atoms. The maximum Gasteiger partial charge on any atom is 0.351 e. The van der Waals surface area contributed by atoms with Crippen molar-refractivity contribution >= 4 is 11.0 Å². The Hall–Kier alpha value is -2.07. The van der Waals surface area contributed by atoms with Gasteiger partial charge < -0.3 is 25.0 Å². The number of nitrogens with zero attached hydrogens (tertiary/aromatic N) is 2. The van der Waals surface area contributed by atoms with Crippen LogP contribution in [0.3, 0.4) is 0 Å². The lowest BCUT2D eigenvalue weighted by atomic mass is 10.1. The van der Waals surface area contributed by atoms with Crippen LogP contribution in [0.2, 0.25) is 0 Å². The highest BCUT2D eigenvalue weighted by Gasteiger charge is 2.43. The molecule has 0 amide bonds. The maximum absolute atomic E-state index is 12.1. The molecule has 1 saturated heterocycles. The van der Waals surface area contributed by atoms with Gasteiger partial charge >= 0.3 is 5.69 Å². The first-order valence-corrected chi connectivity index (χ1v) is 6.67. The number of fused-ring (bicyclic) bond motifs is 1. The van der Waals surface area contributed by atoms with Crippen LogP contribution >= 0.6 is 0 Å². The number of ether oxygens (including phenoxy) is 1. The van der Waals surface area contributed by atoms with Crippen molar-refractivity contribution in [1.82, 2.24) is 14.5 Å². The van der Waals surface area contributed by atoms with Crippen molar-refractivity contribution in [3.8, 4) is 0 Å². The summed E-state index contributed by atoms with van der Waals surface area (Å²) in [5, 5.41) is 29.3. The first-order valence-electron chi connectivity index (χ1n) is 6.67. The molecule has 4 atom stereocenters. The second-order valence-electron chi connectivity index (χ2n) is 5.25. The van der Waals surface area contributed by atoms with Crippen molar-refractivity contribution in [2.45, 2.75) is 31.5 Å². The molecule has 0 aromatic carbocycles. The van der Waals surface area contributed by atoms with Crippen LogP contribution in [-0.4, -0.2) is 54.8 Å². The van der Waals surface area contributed by atoms with Crippen molar-refractivity contribution < 1.29 is 20.1 Å². The Labute approximate surface area is 123 Å². The quantitative estimate of drug-likeness (QED) is 0.503. The molecule has 4 N–H and O–H groups in total. The normalized spacial score (nSPS) is 28.4. The third kappa shape index (κ3) is 2.24. The van der Waals surface area contributed by atoms with E-state index in [0.717, 1.165) is 4.57 Å². The lowest BCUT2D eigenvalue weighted by molar-refractivity contribution is -0.0547. The summed E-state index contributed by atoms with van der Waals surface area (Å²) in [7, 11) is 0. The fraction of sp³-hybridized carbons (Fsp3) is 0.462. The molecule has 3 rings (SSSR count). The molecule has 0 bridgehead atoms. The summed E-state index contributed by atoms with van der Waals surface area (Å²) >= 11 is 0. The Morgan fingerprint density at radius 2 is 2.09 bits per heavy atom. The molecule has 1 aliphatic heterocycles. The molecule has 9 nitrogen and oxygen atoms in total. The van der Waals surface area contributed by atoms with E-state index >= 15 is 0 Å². The minimum absolute atomic E-state index is 0.128. The molecular weight excluding hydrogens is 294 g/mol. The number of aromatic nitrogens is 3. The molecule has 1 aliphatic rings. The molecule has 0 aliphatic carbocycles. The number of aromatic amines is 1. The first-order chi connectivity index (χ1) is 10.4. The fourth-order valence-corrected chi connectivity index (χ4v) is 2.49. The molecule has 2 aromatic rings. The number of rotatable bonds is 2. The van der Waals surface area contributed by atoms with E-state index in [0.29, 0.717) is 10.9 Å². The number of hydrogen-bond acceptors (Lipinski definition) is 7. The van der Waals surface area contributed by atoms with Gasteiger partial charge in [0, 0.05) is 17.1 Å². The van der Waals surface area contributed by atoms with Gasteiger partial charge in [0.05, 0.1) is 6.61 Å². The molecule has 0 radical (unpaired) electrons. The average molecular weight is 309 g/mol. The summed E-state index contributed by atoms with van der Waals surface area (Å²) in [4.78, 5) is 29.8. The fourth-order valence-electron chi connectivity index (χ4n) is 2.49. The zero-order chi connectivity index (χ0) is 16.0. The molecule has 2 aromatic heterocycles. The van der Waals surface area contributed by atoms with Crippen LogP contribution in [0.5, 0.6) is 0 Å². The molecule has 9 heteroatoms. The third-order valence-corrected chi connectivity index (χ3v) is 3.73. The molecule has 2 unspecified atom stereocenters. The van der Waals surface area contributed by atoms with Crippen LogP contribution in [0.15, 0.2) is 21.9 Å². The Morgan fingerprint density at radius 3 is 2.73 bits per heavy atom. The SMILES string of the molecule is Cc1cc2cn([C@@H]3O[C@H](CO)C(O)C3O)c(=O)nc2[nH]c1=O. The Kier molecular flexibility index (Phi) is 3.57. The smallest absolute Gasteiger partial charge is 0.351 e. The summed E-state index contributed by atoms with van der Waals surface area (Å²) in [5.74, 6) is 0. The van der Waals surface area contributed by atoms with E-state index in [1.54, 1.807) is 13.0 Å². The molecule has 3 heterocycles. The van der Waals surface area contributed by atoms with Gasteiger partial charge in [0.25, 0.3) is 5.56 Å². The standard InChI is InChI=1S/C13H15N3O6/c1-5-2-6-3-16(13(21)15-10(6)14-11(5)20)12-9(19)8(18)7(4-17)22-12/h2-3,7-9,12,17-19H,4H2,1H3,(H,14,15,20,21)/t7-,8?,9?,12-/m1/s1. The lowest BCUT2D eigenvalue weighted by Crippen LogP contribution is -2.36. The van der Waals surface area contributed by atoms with Crippen LogP contribution in [-0.2, 0) is 4.74 Å². The summed E-state index contributed by atoms with van der Waals surface area (Å²) in [6.07, 6.45) is -3.45. The van der Waals surface area contributed by atoms with Crippen molar-refractivity contribution in [1.29, 1.82) is 0 Å². The van der Waals surface area contributed by atoms with E-state index < -0.39 is 36.8 Å². The number of aliphatic hydroxyl groups excluding tert-OH is 3. The maximum atomic E-state index is 12.1. The molecule has 0 saturated carbocycles. The van der Waals surface area contributed by atoms with Crippen LogP contribution in [0.4, 0.5) is 0 Å². The zero-order valence-electron chi connectivity index (χ0n) is 11.6. The van der Waals surface area contributed by atoms with Gasteiger partial charge in [0.1, 0.15) is 24.0 Å². The largest absolute Gasteiger partial charge is 0.394 e. The van der Waals surface area contributed by atoms with Crippen LogP contribution < -0.4 is 11.2 Å². The van der Waals surface area contributed by atoms with Crippen molar-refractivity contribution in [3.63, 3.8) is 0 Å². The van der Waals surface area contributed by atoms with Crippen LogP contribution in [0.25, 0.3) is 11.0 Å². The van der Waals surface area contributed by atoms with Crippen molar-refractivity contribution in [2.24, 2.45) is 0 Å². The summed E-state index contributed by atoms with van der Waals surface area (Å²) in [6, 6.07) is 1.55. The van der Waals surface area contributed by atoms with E-state index in [1.807, 2.05) is 0 Å². The minimum atomic E-state index is -1.38. The number of aryl methyl sites for hydroxylation is 1. The number of nitrogens with one attached hydrogen (secondary N) is 1. The van der Waals surface area contributed by atoms with E-state index in [4.69, 9.17) is 9.84 Å². The van der Waals surface area contributed by atoms with Gasteiger partial charge in [-0.1, -0.05) is 0 Å². The molecule has 0 spiro atoms. The van der Waals surface area contributed by atoms with Gasteiger partial charge in [0.15, 0.2) is 6.23 Å². The third-order valence-electron chi connectivity index (χ3n) is 3.73. The van der Waals surface area contributed by atoms with Crippen molar-refractivity contribution in [3.05, 3.63) is 38.7 Å². The highest BCUT2D eigenvalue weighted by atomic mass is 16.6. The predicted octanol–water partition coefficient (Wildman–Crippen LogP) is -2.00. The van der Waals surface area contributed by atoms with Gasteiger partial charge in [-0.15, -0.1) is 0 Å². The number of H-pyrrole nitrogens is 1. The van der Waals surface area contributed by atoms with E-state index in [9.17, 15) is 19.8 Å². The van der Waals surface area contributed by atoms with Gasteiger partial charge in [-0.25, -0.2) is 4.79 Å². The van der Waals surface area contributed by atoms with Crippen LogP contribution in [0, 0.1) is 6.92 Å². The molecule has 118 valence electrons. The monoisotopic (exact) mass is 309 g/mol. The molecular formula is C13H15N3O6. The Morgan fingerprint density at radius 1 is 1.36 bits per heavy atom. The second-order valence-corrected chi connectivity index (χ2v) is 5.25. The Balaban J connectivity index is 2.12. The Bertz CT molecular complexity index is 829. The predicted molar refractivity (Wildman–Crippen MR) is 74.4 cm³/mol. The second kappa shape index (κ2) is 5.29. The zero-order valence-corrected chi connectivity index (χ0v) is 11.6. The summed E-state index contributed by atoms with van der Waals surface area (Å²) in [6.45, 7) is 1.12. The average Bonchev–Trinajstić information content (AvgIpc) is 2.76. The van der Waals surface area contributed by atoms with E-state index in [-0.39, 0.29) is 11.2 Å². The first kappa shape index (κ1) is 14.9. The van der Waals surface area contributed by atoms with Gasteiger partial charge in [-0.3, -0.25) is 9.36 Å². The van der Waals surface area contributed by atoms with Crippen molar-refractivity contribution in [2.75, 3.05) is 6.61 Å². The van der Waals surface area contributed by atoms with E-state index in [2.05, 4.69) is 9.97 Å². The highest BCUT2D eigenvalue weighted by molar-refractivity contribution is 5.73. The van der Waals surface area contributed by atoms with Gasteiger partial charge in [-0.2, -0.15) is 4.98 Å². The van der Waals surface area contributed by atoms with E-state index in [1.165, 1.54) is 6.20 Å². The minimum Gasteiger partial charge on any atom is -0.394 e. The number of pyridine rings is 1. The number of hydrogen-bond donors (Lipinski definition) is 4. The van der Waals surface area contributed by atoms with Crippen LogP contribution in [0.1, 0.15) is 11.8 Å².